The van der Waals surface area contributed by atoms with Gasteiger partial charge in [-0.1, -0.05) is 18.9 Å². The van der Waals surface area contributed by atoms with Gasteiger partial charge in [-0.05, 0) is 43.5 Å². The van der Waals surface area contributed by atoms with Crippen LogP contribution in [-0.2, 0) is 6.54 Å². The van der Waals surface area contributed by atoms with Crippen LogP contribution in [-0.4, -0.2) is 16.9 Å². The lowest BCUT2D eigenvalue weighted by molar-refractivity contribution is 0.416. The summed E-state index contributed by atoms with van der Waals surface area (Å²) >= 11 is 0. The first-order chi connectivity index (χ1) is 10.3. The lowest BCUT2D eigenvalue weighted by Crippen LogP contribution is -2.07. The van der Waals surface area contributed by atoms with Crippen LogP contribution in [0.4, 0.5) is 5.69 Å². The van der Waals surface area contributed by atoms with Gasteiger partial charge in [-0.3, -0.25) is 4.68 Å². The van der Waals surface area contributed by atoms with Gasteiger partial charge in [-0.25, -0.2) is 0 Å². The van der Waals surface area contributed by atoms with E-state index in [-0.39, 0.29) is 0 Å². The summed E-state index contributed by atoms with van der Waals surface area (Å²) in [6, 6.07) is 8.86. The van der Waals surface area contributed by atoms with Gasteiger partial charge >= 0.3 is 0 Å². The second kappa shape index (κ2) is 6.20. The van der Waals surface area contributed by atoms with Crippen LogP contribution in [0.25, 0.3) is 0 Å². The van der Waals surface area contributed by atoms with Gasteiger partial charge in [0.15, 0.2) is 0 Å². The third-order valence-electron chi connectivity index (χ3n) is 4.18. The molecule has 4 heteroatoms. The minimum Gasteiger partial charge on any atom is -0.495 e. The van der Waals surface area contributed by atoms with Crippen LogP contribution < -0.4 is 10.1 Å². The summed E-state index contributed by atoms with van der Waals surface area (Å²) < 4.78 is 7.52. The highest BCUT2D eigenvalue weighted by Gasteiger charge is 2.17. The zero-order valence-electron chi connectivity index (χ0n) is 12.8. The van der Waals surface area contributed by atoms with Crippen molar-refractivity contribution in [2.45, 2.75) is 45.2 Å². The van der Waals surface area contributed by atoms with Crippen molar-refractivity contribution >= 4 is 5.69 Å². The van der Waals surface area contributed by atoms with Crippen molar-refractivity contribution in [2.75, 3.05) is 12.4 Å². The third kappa shape index (κ3) is 3.20. The second-order valence-corrected chi connectivity index (χ2v) is 5.78. The van der Waals surface area contributed by atoms with E-state index >= 15 is 0 Å². The number of methoxy groups -OCH3 is 1. The normalized spacial score (nSPS) is 15.3. The number of anilines is 1. The van der Waals surface area contributed by atoms with Gasteiger partial charge < -0.3 is 10.1 Å². The van der Waals surface area contributed by atoms with Crippen LogP contribution >= 0.6 is 0 Å². The Balaban J connectivity index is 1.66. The molecule has 1 heterocycles. The van der Waals surface area contributed by atoms with E-state index < -0.39 is 0 Å². The molecule has 1 aliphatic carbocycles. The fourth-order valence-electron chi connectivity index (χ4n) is 2.99. The van der Waals surface area contributed by atoms with Crippen LogP contribution in [0, 0.1) is 6.92 Å². The number of ether oxygens (including phenoxy) is 1. The number of nitrogens with one attached hydrogen (secondary N) is 1. The number of aromatic nitrogens is 2. The molecular formula is C17H23N3O. The van der Waals surface area contributed by atoms with Crippen molar-refractivity contribution in [3.63, 3.8) is 0 Å². The highest BCUT2D eigenvalue weighted by molar-refractivity contribution is 5.58. The fourth-order valence-corrected chi connectivity index (χ4v) is 2.99. The van der Waals surface area contributed by atoms with E-state index in [2.05, 4.69) is 41.3 Å². The maximum atomic E-state index is 5.39. The predicted octanol–water partition coefficient (Wildman–Crippen LogP) is 3.93. The van der Waals surface area contributed by atoms with E-state index in [1.54, 1.807) is 7.11 Å². The standard InChI is InChI=1S/C17H23N3O/c1-13-7-8-17(21-2)16(11-13)18-12-14-9-10-20(19-14)15-5-3-4-6-15/h7-11,15,18H,3-6,12H2,1-2H3. The minimum absolute atomic E-state index is 0.604. The zero-order chi connectivity index (χ0) is 14.7. The molecule has 0 saturated heterocycles. The highest BCUT2D eigenvalue weighted by Crippen LogP contribution is 2.29. The SMILES string of the molecule is COc1ccc(C)cc1NCc1ccn(C2CCCC2)n1. The predicted molar refractivity (Wildman–Crippen MR) is 84.8 cm³/mol. The van der Waals surface area contributed by atoms with Gasteiger partial charge in [-0.15, -0.1) is 0 Å². The van der Waals surface area contributed by atoms with Crippen molar-refractivity contribution in [2.24, 2.45) is 0 Å². The van der Waals surface area contributed by atoms with Gasteiger partial charge in [0.1, 0.15) is 5.75 Å². The van der Waals surface area contributed by atoms with Crippen molar-refractivity contribution in [3.8, 4) is 5.75 Å². The topological polar surface area (TPSA) is 39.1 Å². The smallest absolute Gasteiger partial charge is 0.141 e. The first-order valence-corrected chi connectivity index (χ1v) is 7.69. The Hall–Kier alpha value is -1.97. The second-order valence-electron chi connectivity index (χ2n) is 5.78. The number of hydrogen-bond donors (Lipinski definition) is 1. The van der Waals surface area contributed by atoms with Crippen LogP contribution in [0.5, 0.6) is 5.75 Å². The van der Waals surface area contributed by atoms with Crippen molar-refractivity contribution in [3.05, 3.63) is 41.7 Å². The maximum absolute atomic E-state index is 5.39. The number of hydrogen-bond acceptors (Lipinski definition) is 3. The molecular weight excluding hydrogens is 262 g/mol. The molecule has 0 bridgehead atoms. The molecule has 1 aromatic carbocycles. The summed E-state index contributed by atoms with van der Waals surface area (Å²) in [5.41, 5.74) is 3.31. The highest BCUT2D eigenvalue weighted by atomic mass is 16.5. The molecule has 0 radical (unpaired) electrons. The number of nitrogens with zero attached hydrogens (tertiary/aromatic N) is 2. The summed E-state index contributed by atoms with van der Waals surface area (Å²) in [7, 11) is 1.70. The van der Waals surface area contributed by atoms with Gasteiger partial charge in [-0.2, -0.15) is 5.10 Å². The first-order valence-electron chi connectivity index (χ1n) is 7.69. The molecule has 0 spiro atoms. The Labute approximate surface area is 126 Å². The molecule has 4 nitrogen and oxygen atoms in total. The molecule has 1 saturated carbocycles. The fraction of sp³-hybridized carbons (Fsp3) is 0.471. The van der Waals surface area contributed by atoms with Gasteiger partial charge in [0.25, 0.3) is 0 Å². The molecule has 2 aromatic rings. The summed E-state index contributed by atoms with van der Waals surface area (Å²) in [4.78, 5) is 0. The third-order valence-corrected chi connectivity index (χ3v) is 4.18. The van der Waals surface area contributed by atoms with E-state index in [1.165, 1.54) is 31.2 Å². The van der Waals surface area contributed by atoms with E-state index in [1.807, 2.05) is 6.07 Å². The Kier molecular flexibility index (Phi) is 4.13. The molecule has 1 aliphatic rings. The Morgan fingerprint density at radius 2 is 2.10 bits per heavy atom. The van der Waals surface area contributed by atoms with E-state index in [9.17, 15) is 0 Å². The van der Waals surface area contributed by atoms with Crippen LogP contribution in [0.2, 0.25) is 0 Å². The molecule has 21 heavy (non-hydrogen) atoms. The average molecular weight is 285 g/mol. The van der Waals surface area contributed by atoms with Crippen LogP contribution in [0.15, 0.2) is 30.5 Å². The average Bonchev–Trinajstić information content (AvgIpc) is 3.16. The number of benzene rings is 1. The van der Waals surface area contributed by atoms with Crippen molar-refractivity contribution in [1.82, 2.24) is 9.78 Å². The maximum Gasteiger partial charge on any atom is 0.141 e. The quantitative estimate of drug-likeness (QED) is 0.904. The van der Waals surface area contributed by atoms with E-state index in [0.717, 1.165) is 23.7 Å². The summed E-state index contributed by atoms with van der Waals surface area (Å²) in [6.07, 6.45) is 7.30. The molecule has 1 aromatic heterocycles. The summed E-state index contributed by atoms with van der Waals surface area (Å²) in [6.45, 7) is 2.80. The molecule has 112 valence electrons. The molecule has 1 fully saturated rings. The van der Waals surface area contributed by atoms with E-state index in [0.29, 0.717) is 6.04 Å². The number of aryl methyl sites for hydroxylation is 1. The van der Waals surface area contributed by atoms with Crippen LogP contribution in [0.1, 0.15) is 43.0 Å². The Bertz CT molecular complexity index is 600. The number of rotatable bonds is 5. The monoisotopic (exact) mass is 285 g/mol. The molecule has 3 rings (SSSR count). The zero-order valence-corrected chi connectivity index (χ0v) is 12.8. The lowest BCUT2D eigenvalue weighted by Gasteiger charge is -2.11. The molecule has 1 N–H and O–H groups in total. The molecule has 0 amide bonds. The molecule has 0 aliphatic heterocycles. The first kappa shape index (κ1) is 14.0. The Morgan fingerprint density at radius 1 is 1.29 bits per heavy atom. The van der Waals surface area contributed by atoms with E-state index in [4.69, 9.17) is 9.84 Å². The largest absolute Gasteiger partial charge is 0.495 e. The van der Waals surface area contributed by atoms with Gasteiger partial charge in [0, 0.05) is 6.20 Å². The Morgan fingerprint density at radius 3 is 2.86 bits per heavy atom. The minimum atomic E-state index is 0.604. The summed E-state index contributed by atoms with van der Waals surface area (Å²) in [5.74, 6) is 0.871. The van der Waals surface area contributed by atoms with Gasteiger partial charge in [0.2, 0.25) is 0 Å². The van der Waals surface area contributed by atoms with Crippen LogP contribution in [0.3, 0.4) is 0 Å². The molecule has 0 atom stereocenters. The van der Waals surface area contributed by atoms with Crippen molar-refractivity contribution < 1.29 is 4.74 Å². The van der Waals surface area contributed by atoms with Gasteiger partial charge in [0.05, 0.1) is 31.1 Å². The molecule has 0 unspecified atom stereocenters. The summed E-state index contributed by atoms with van der Waals surface area (Å²) in [5, 5.41) is 8.12. The lowest BCUT2D eigenvalue weighted by atomic mass is 10.2. The van der Waals surface area contributed by atoms with Crippen molar-refractivity contribution in [1.29, 1.82) is 0 Å².